The lowest BCUT2D eigenvalue weighted by Gasteiger charge is -2.07. The molecule has 1 atom stereocenters. The highest BCUT2D eigenvalue weighted by molar-refractivity contribution is 5.79. The predicted octanol–water partition coefficient (Wildman–Crippen LogP) is 3.47. The molecule has 0 aliphatic carbocycles. The third kappa shape index (κ3) is 2.90. The molecule has 0 saturated carbocycles. The molecule has 0 bridgehead atoms. The van der Waals surface area contributed by atoms with Gasteiger partial charge in [-0.05, 0) is 30.5 Å². The van der Waals surface area contributed by atoms with E-state index in [1.165, 1.54) is 5.56 Å². The van der Waals surface area contributed by atoms with E-state index in [1.54, 1.807) is 7.11 Å². The topological polar surface area (TPSA) is 61.3 Å². The summed E-state index contributed by atoms with van der Waals surface area (Å²) in [5.74, 6) is 1.27. The molecule has 0 spiro atoms. The fourth-order valence-electron chi connectivity index (χ4n) is 2.35. The van der Waals surface area contributed by atoms with Gasteiger partial charge in [-0.2, -0.15) is 0 Å². The first-order chi connectivity index (χ1) is 10.3. The number of aromatic nitrogens is 1. The largest absolute Gasteiger partial charge is 0.494 e. The Morgan fingerprint density at radius 1 is 1.14 bits per heavy atom. The van der Waals surface area contributed by atoms with Gasteiger partial charge in [0.15, 0.2) is 11.1 Å². The highest BCUT2D eigenvalue weighted by Crippen LogP contribution is 2.28. The molecule has 0 amide bonds. The molecule has 108 valence electrons. The molecule has 0 aliphatic rings. The molecule has 4 heteroatoms. The number of aryl methyl sites for hydroxylation is 1. The second kappa shape index (κ2) is 5.97. The van der Waals surface area contributed by atoms with Gasteiger partial charge in [0, 0.05) is 0 Å². The number of fused-ring (bicyclic) bond motifs is 1. The van der Waals surface area contributed by atoms with Crippen molar-refractivity contribution in [2.45, 2.75) is 18.9 Å². The summed E-state index contributed by atoms with van der Waals surface area (Å²) in [7, 11) is 1.62. The Morgan fingerprint density at radius 2 is 1.95 bits per heavy atom. The van der Waals surface area contributed by atoms with Crippen LogP contribution in [0.5, 0.6) is 5.75 Å². The van der Waals surface area contributed by atoms with Crippen LogP contribution in [0.1, 0.15) is 23.9 Å². The number of para-hydroxylation sites is 1. The van der Waals surface area contributed by atoms with E-state index in [9.17, 15) is 0 Å². The van der Waals surface area contributed by atoms with Crippen LogP contribution < -0.4 is 10.5 Å². The van der Waals surface area contributed by atoms with Crippen molar-refractivity contribution in [3.63, 3.8) is 0 Å². The van der Waals surface area contributed by atoms with E-state index in [1.807, 2.05) is 36.4 Å². The van der Waals surface area contributed by atoms with Crippen molar-refractivity contribution in [3.8, 4) is 5.75 Å². The molecule has 2 N–H and O–H groups in total. The summed E-state index contributed by atoms with van der Waals surface area (Å²) in [5.41, 5.74) is 8.90. The van der Waals surface area contributed by atoms with Gasteiger partial charge in [-0.1, -0.05) is 36.4 Å². The van der Waals surface area contributed by atoms with E-state index in [0.717, 1.165) is 18.4 Å². The first-order valence-electron chi connectivity index (χ1n) is 7.01. The number of rotatable bonds is 5. The van der Waals surface area contributed by atoms with Gasteiger partial charge in [0.25, 0.3) is 0 Å². The molecule has 0 aliphatic heterocycles. The molecule has 3 rings (SSSR count). The van der Waals surface area contributed by atoms with Gasteiger partial charge in [-0.3, -0.25) is 0 Å². The van der Waals surface area contributed by atoms with Crippen molar-refractivity contribution in [1.82, 2.24) is 4.98 Å². The number of hydrogen-bond acceptors (Lipinski definition) is 4. The summed E-state index contributed by atoms with van der Waals surface area (Å²) in [6.07, 6.45) is 1.69. The minimum atomic E-state index is -0.220. The zero-order chi connectivity index (χ0) is 14.7. The van der Waals surface area contributed by atoms with Gasteiger partial charge in [0.2, 0.25) is 5.89 Å². The van der Waals surface area contributed by atoms with E-state index in [4.69, 9.17) is 14.9 Å². The van der Waals surface area contributed by atoms with Gasteiger partial charge in [-0.25, -0.2) is 4.98 Å². The quantitative estimate of drug-likeness (QED) is 0.778. The van der Waals surface area contributed by atoms with Crippen LogP contribution in [0.15, 0.2) is 52.9 Å². The second-order valence-electron chi connectivity index (χ2n) is 4.99. The molecule has 1 aromatic heterocycles. The Hall–Kier alpha value is -2.33. The average Bonchev–Trinajstić information content (AvgIpc) is 2.97. The standard InChI is InChI=1S/C17H18N2O2/c1-20-14-8-5-9-15-16(14)19-17(21-15)13(18)11-10-12-6-3-2-4-7-12/h2-9,13H,10-11,18H2,1H3. The van der Waals surface area contributed by atoms with E-state index < -0.39 is 0 Å². The average molecular weight is 282 g/mol. The summed E-state index contributed by atoms with van der Waals surface area (Å²) in [6, 6.07) is 15.7. The lowest BCUT2D eigenvalue weighted by atomic mass is 10.1. The molecule has 4 nitrogen and oxygen atoms in total. The maximum atomic E-state index is 6.20. The number of nitrogens with two attached hydrogens (primary N) is 1. The highest BCUT2D eigenvalue weighted by atomic mass is 16.5. The zero-order valence-corrected chi connectivity index (χ0v) is 12.0. The molecule has 0 saturated heterocycles. The second-order valence-corrected chi connectivity index (χ2v) is 4.99. The van der Waals surface area contributed by atoms with Crippen molar-refractivity contribution in [3.05, 3.63) is 60.0 Å². The molecule has 1 unspecified atom stereocenters. The monoisotopic (exact) mass is 282 g/mol. The molecule has 0 radical (unpaired) electrons. The van der Waals surface area contributed by atoms with Crippen molar-refractivity contribution >= 4 is 11.1 Å². The fraction of sp³-hybridized carbons (Fsp3) is 0.235. The van der Waals surface area contributed by atoms with Crippen LogP contribution in [-0.2, 0) is 6.42 Å². The van der Waals surface area contributed by atoms with Crippen LogP contribution >= 0.6 is 0 Å². The number of oxazole rings is 1. The van der Waals surface area contributed by atoms with Crippen LogP contribution in [0.25, 0.3) is 11.1 Å². The summed E-state index contributed by atoms with van der Waals surface area (Å²) < 4.78 is 11.0. The van der Waals surface area contributed by atoms with Gasteiger partial charge in [0.1, 0.15) is 5.75 Å². The van der Waals surface area contributed by atoms with E-state index >= 15 is 0 Å². The van der Waals surface area contributed by atoms with E-state index in [2.05, 4.69) is 17.1 Å². The van der Waals surface area contributed by atoms with Crippen molar-refractivity contribution in [1.29, 1.82) is 0 Å². The third-order valence-electron chi connectivity index (χ3n) is 3.52. The van der Waals surface area contributed by atoms with E-state index in [-0.39, 0.29) is 6.04 Å². The fourth-order valence-corrected chi connectivity index (χ4v) is 2.35. The maximum Gasteiger partial charge on any atom is 0.212 e. The Morgan fingerprint density at radius 3 is 2.71 bits per heavy atom. The predicted molar refractivity (Wildman–Crippen MR) is 82.3 cm³/mol. The van der Waals surface area contributed by atoms with Crippen molar-refractivity contribution in [2.24, 2.45) is 5.73 Å². The smallest absolute Gasteiger partial charge is 0.212 e. The minimum absolute atomic E-state index is 0.220. The molecule has 21 heavy (non-hydrogen) atoms. The molecule has 1 heterocycles. The summed E-state index contributed by atoms with van der Waals surface area (Å²) in [6.45, 7) is 0. The lowest BCUT2D eigenvalue weighted by Crippen LogP contribution is -2.11. The number of benzene rings is 2. The minimum Gasteiger partial charge on any atom is -0.494 e. The van der Waals surface area contributed by atoms with Gasteiger partial charge in [-0.15, -0.1) is 0 Å². The molecular formula is C17H18N2O2. The van der Waals surface area contributed by atoms with Gasteiger partial charge >= 0.3 is 0 Å². The van der Waals surface area contributed by atoms with Gasteiger partial charge < -0.3 is 14.9 Å². The maximum absolute atomic E-state index is 6.20. The number of ether oxygens (including phenoxy) is 1. The normalized spacial score (nSPS) is 12.5. The third-order valence-corrected chi connectivity index (χ3v) is 3.52. The zero-order valence-electron chi connectivity index (χ0n) is 12.0. The Kier molecular flexibility index (Phi) is 3.88. The Labute approximate surface area is 123 Å². The first-order valence-corrected chi connectivity index (χ1v) is 7.01. The molecule has 3 aromatic rings. The summed E-state index contributed by atoms with van der Waals surface area (Å²) in [4.78, 5) is 4.48. The summed E-state index contributed by atoms with van der Waals surface area (Å²) >= 11 is 0. The van der Waals surface area contributed by atoms with Crippen LogP contribution in [0.2, 0.25) is 0 Å². The van der Waals surface area contributed by atoms with Crippen LogP contribution in [-0.4, -0.2) is 12.1 Å². The number of hydrogen-bond donors (Lipinski definition) is 1. The molecule has 2 aromatic carbocycles. The Balaban J connectivity index is 1.77. The summed E-state index contributed by atoms with van der Waals surface area (Å²) in [5, 5.41) is 0. The first kappa shape index (κ1) is 13.6. The SMILES string of the molecule is COc1cccc2oc(C(N)CCc3ccccc3)nc12. The van der Waals surface area contributed by atoms with E-state index in [0.29, 0.717) is 17.2 Å². The highest BCUT2D eigenvalue weighted by Gasteiger charge is 2.16. The lowest BCUT2D eigenvalue weighted by molar-refractivity contribution is 0.419. The number of nitrogens with zero attached hydrogens (tertiary/aromatic N) is 1. The Bertz CT molecular complexity index is 722. The van der Waals surface area contributed by atoms with Crippen molar-refractivity contribution in [2.75, 3.05) is 7.11 Å². The van der Waals surface area contributed by atoms with Crippen LogP contribution in [0, 0.1) is 0 Å². The number of methoxy groups -OCH3 is 1. The molecule has 0 fully saturated rings. The van der Waals surface area contributed by atoms with Crippen molar-refractivity contribution < 1.29 is 9.15 Å². The van der Waals surface area contributed by atoms with Crippen LogP contribution in [0.4, 0.5) is 0 Å². The molecular weight excluding hydrogens is 264 g/mol. The van der Waals surface area contributed by atoms with Crippen LogP contribution in [0.3, 0.4) is 0 Å². The van der Waals surface area contributed by atoms with Gasteiger partial charge in [0.05, 0.1) is 13.2 Å².